The van der Waals surface area contributed by atoms with Crippen molar-refractivity contribution in [3.63, 3.8) is 0 Å². The zero-order valence-corrected chi connectivity index (χ0v) is 10.2. The largest absolute Gasteiger partial charge is 0.373 e. The lowest BCUT2D eigenvalue weighted by Crippen LogP contribution is -2.12. The van der Waals surface area contributed by atoms with Crippen LogP contribution < -0.4 is 10.6 Å². The molecule has 0 bridgehead atoms. The number of nitrogens with one attached hydrogen (secondary N) is 2. The standard InChI is InChI=1S/C13H21N3/c1-10-6-7-11(8-10)9-15-13-5-3-4-12(14-2)16-13/h3-5,10-11H,6-9H2,1-2H3,(H2,14,15,16). The second-order valence-electron chi connectivity index (χ2n) is 4.82. The van der Waals surface area contributed by atoms with E-state index in [1.54, 1.807) is 0 Å². The second kappa shape index (κ2) is 5.19. The molecule has 2 atom stereocenters. The minimum Gasteiger partial charge on any atom is -0.373 e. The smallest absolute Gasteiger partial charge is 0.128 e. The third-order valence-electron chi connectivity index (χ3n) is 3.38. The highest BCUT2D eigenvalue weighted by Gasteiger charge is 2.20. The third-order valence-corrected chi connectivity index (χ3v) is 3.38. The van der Waals surface area contributed by atoms with Gasteiger partial charge in [0, 0.05) is 13.6 Å². The molecule has 16 heavy (non-hydrogen) atoms. The highest BCUT2D eigenvalue weighted by atomic mass is 15.0. The molecule has 2 unspecified atom stereocenters. The van der Waals surface area contributed by atoms with Crippen LogP contribution in [0.1, 0.15) is 26.2 Å². The van der Waals surface area contributed by atoms with Gasteiger partial charge in [0.05, 0.1) is 0 Å². The lowest BCUT2D eigenvalue weighted by Gasteiger charge is -2.12. The predicted octanol–water partition coefficient (Wildman–Crippen LogP) is 2.97. The van der Waals surface area contributed by atoms with E-state index < -0.39 is 0 Å². The van der Waals surface area contributed by atoms with Crippen LogP contribution in [0, 0.1) is 11.8 Å². The Labute approximate surface area is 97.7 Å². The van der Waals surface area contributed by atoms with E-state index in [0.29, 0.717) is 0 Å². The Kier molecular flexibility index (Phi) is 3.65. The van der Waals surface area contributed by atoms with Crippen molar-refractivity contribution in [1.82, 2.24) is 4.98 Å². The number of aromatic nitrogens is 1. The Morgan fingerprint density at radius 2 is 2.12 bits per heavy atom. The topological polar surface area (TPSA) is 37.0 Å². The molecule has 0 aromatic carbocycles. The van der Waals surface area contributed by atoms with Crippen molar-refractivity contribution >= 4 is 11.6 Å². The van der Waals surface area contributed by atoms with Gasteiger partial charge >= 0.3 is 0 Å². The molecule has 1 aromatic heterocycles. The van der Waals surface area contributed by atoms with Gasteiger partial charge < -0.3 is 10.6 Å². The van der Waals surface area contributed by atoms with Crippen LogP contribution in [0.2, 0.25) is 0 Å². The molecule has 3 nitrogen and oxygen atoms in total. The zero-order valence-electron chi connectivity index (χ0n) is 10.2. The van der Waals surface area contributed by atoms with Crippen LogP contribution in [0.4, 0.5) is 11.6 Å². The first-order chi connectivity index (χ1) is 7.78. The highest BCUT2D eigenvalue weighted by Crippen LogP contribution is 2.30. The first-order valence-electron chi connectivity index (χ1n) is 6.16. The molecule has 1 fully saturated rings. The summed E-state index contributed by atoms with van der Waals surface area (Å²) in [6.45, 7) is 3.41. The fourth-order valence-corrected chi connectivity index (χ4v) is 2.43. The monoisotopic (exact) mass is 219 g/mol. The van der Waals surface area contributed by atoms with Crippen molar-refractivity contribution in [2.45, 2.75) is 26.2 Å². The van der Waals surface area contributed by atoms with Crippen LogP contribution >= 0.6 is 0 Å². The van der Waals surface area contributed by atoms with E-state index in [-0.39, 0.29) is 0 Å². The van der Waals surface area contributed by atoms with E-state index in [9.17, 15) is 0 Å². The van der Waals surface area contributed by atoms with Gasteiger partial charge in [0.1, 0.15) is 11.6 Å². The highest BCUT2D eigenvalue weighted by molar-refractivity contribution is 5.44. The molecule has 0 saturated heterocycles. The molecule has 2 rings (SSSR count). The molecule has 1 heterocycles. The first-order valence-corrected chi connectivity index (χ1v) is 6.16. The molecule has 1 aliphatic rings. The van der Waals surface area contributed by atoms with E-state index in [4.69, 9.17) is 0 Å². The molecule has 1 aromatic rings. The lowest BCUT2D eigenvalue weighted by atomic mass is 10.1. The Hall–Kier alpha value is -1.25. The van der Waals surface area contributed by atoms with Crippen molar-refractivity contribution in [2.24, 2.45) is 11.8 Å². The van der Waals surface area contributed by atoms with Crippen molar-refractivity contribution in [1.29, 1.82) is 0 Å². The molecule has 0 spiro atoms. The Balaban J connectivity index is 1.84. The average molecular weight is 219 g/mol. The fraction of sp³-hybridized carbons (Fsp3) is 0.615. The molecule has 1 aliphatic carbocycles. The summed E-state index contributed by atoms with van der Waals surface area (Å²) in [5.41, 5.74) is 0. The maximum Gasteiger partial charge on any atom is 0.128 e. The first kappa shape index (κ1) is 11.2. The van der Waals surface area contributed by atoms with Gasteiger partial charge in [-0.3, -0.25) is 0 Å². The minimum atomic E-state index is 0.829. The molecule has 1 saturated carbocycles. The number of hydrogen-bond donors (Lipinski definition) is 2. The molecule has 0 amide bonds. The van der Waals surface area contributed by atoms with E-state index in [2.05, 4.69) is 22.5 Å². The van der Waals surface area contributed by atoms with Gasteiger partial charge in [-0.2, -0.15) is 0 Å². The number of anilines is 2. The van der Waals surface area contributed by atoms with E-state index in [1.165, 1.54) is 19.3 Å². The van der Waals surface area contributed by atoms with E-state index >= 15 is 0 Å². The summed E-state index contributed by atoms with van der Waals surface area (Å²) >= 11 is 0. The zero-order chi connectivity index (χ0) is 11.4. The van der Waals surface area contributed by atoms with Crippen LogP contribution in [0.3, 0.4) is 0 Å². The van der Waals surface area contributed by atoms with Crippen LogP contribution in [-0.2, 0) is 0 Å². The summed E-state index contributed by atoms with van der Waals surface area (Å²) < 4.78 is 0. The van der Waals surface area contributed by atoms with Crippen LogP contribution in [-0.4, -0.2) is 18.6 Å². The molecule has 88 valence electrons. The summed E-state index contributed by atoms with van der Waals surface area (Å²) in [6.07, 6.45) is 4.11. The van der Waals surface area contributed by atoms with Gasteiger partial charge in [-0.25, -0.2) is 4.98 Å². The van der Waals surface area contributed by atoms with Crippen molar-refractivity contribution in [3.8, 4) is 0 Å². The molecular formula is C13H21N3. The quantitative estimate of drug-likeness (QED) is 0.817. The summed E-state index contributed by atoms with van der Waals surface area (Å²) in [7, 11) is 1.89. The molecule has 3 heteroatoms. The normalized spacial score (nSPS) is 24.4. The number of pyridine rings is 1. The van der Waals surface area contributed by atoms with Crippen LogP contribution in [0.25, 0.3) is 0 Å². The van der Waals surface area contributed by atoms with Crippen LogP contribution in [0.5, 0.6) is 0 Å². The summed E-state index contributed by atoms with van der Waals surface area (Å²) in [5, 5.41) is 6.48. The average Bonchev–Trinajstić information content (AvgIpc) is 2.73. The van der Waals surface area contributed by atoms with Gasteiger partial charge in [0.2, 0.25) is 0 Å². The van der Waals surface area contributed by atoms with Gasteiger partial charge in [0.25, 0.3) is 0 Å². The van der Waals surface area contributed by atoms with Crippen molar-refractivity contribution in [2.75, 3.05) is 24.2 Å². The number of hydrogen-bond acceptors (Lipinski definition) is 3. The van der Waals surface area contributed by atoms with Gasteiger partial charge in [-0.1, -0.05) is 19.4 Å². The summed E-state index contributed by atoms with van der Waals surface area (Å²) in [4.78, 5) is 4.45. The minimum absolute atomic E-state index is 0.829. The number of nitrogens with zero attached hydrogens (tertiary/aromatic N) is 1. The molecular weight excluding hydrogens is 198 g/mol. The molecule has 0 aliphatic heterocycles. The van der Waals surface area contributed by atoms with E-state index in [0.717, 1.165) is 30.0 Å². The van der Waals surface area contributed by atoms with Gasteiger partial charge in [-0.05, 0) is 36.8 Å². The van der Waals surface area contributed by atoms with Gasteiger partial charge in [-0.15, -0.1) is 0 Å². The predicted molar refractivity (Wildman–Crippen MR) is 68.8 cm³/mol. The summed E-state index contributed by atoms with van der Waals surface area (Å²) in [6, 6.07) is 6.03. The fourth-order valence-electron chi connectivity index (χ4n) is 2.43. The van der Waals surface area contributed by atoms with Gasteiger partial charge in [0.15, 0.2) is 0 Å². The van der Waals surface area contributed by atoms with Crippen molar-refractivity contribution in [3.05, 3.63) is 18.2 Å². The molecule has 2 N–H and O–H groups in total. The van der Waals surface area contributed by atoms with Crippen molar-refractivity contribution < 1.29 is 0 Å². The maximum atomic E-state index is 4.45. The molecule has 0 radical (unpaired) electrons. The summed E-state index contributed by atoms with van der Waals surface area (Å²) in [5.74, 6) is 3.63. The Bertz CT molecular complexity index is 338. The Morgan fingerprint density at radius 3 is 2.81 bits per heavy atom. The number of rotatable bonds is 4. The third kappa shape index (κ3) is 2.87. The second-order valence-corrected chi connectivity index (χ2v) is 4.82. The maximum absolute atomic E-state index is 4.45. The SMILES string of the molecule is CNc1cccc(NCC2CCC(C)C2)n1. The lowest BCUT2D eigenvalue weighted by molar-refractivity contribution is 0.536. The van der Waals surface area contributed by atoms with Crippen LogP contribution in [0.15, 0.2) is 18.2 Å². The Morgan fingerprint density at radius 1 is 1.31 bits per heavy atom. The van der Waals surface area contributed by atoms with E-state index in [1.807, 2.05) is 25.2 Å².